The number of aryl methyl sites for hydroxylation is 2. The zero-order chi connectivity index (χ0) is 14.0. The van der Waals surface area contributed by atoms with E-state index in [1.165, 1.54) is 11.1 Å². The third-order valence-electron chi connectivity index (χ3n) is 3.82. The molecular formula is C16H22N2O. The summed E-state index contributed by atoms with van der Waals surface area (Å²) in [5.74, 6) is 1.95. The number of nitrogens with zero attached hydrogens (tertiary/aromatic N) is 1. The molecule has 0 fully saturated rings. The van der Waals surface area contributed by atoms with Crippen LogP contribution in [0.15, 0.2) is 22.7 Å². The lowest BCUT2D eigenvalue weighted by Gasteiger charge is -2.09. The predicted molar refractivity (Wildman–Crippen MR) is 79.0 cm³/mol. The summed E-state index contributed by atoms with van der Waals surface area (Å²) in [7, 11) is 0. The van der Waals surface area contributed by atoms with Crippen LogP contribution in [-0.2, 0) is 6.42 Å². The molecule has 1 atom stereocenters. The summed E-state index contributed by atoms with van der Waals surface area (Å²) in [6, 6.07) is 6.35. The predicted octanol–water partition coefficient (Wildman–Crippen LogP) is 4.13. The van der Waals surface area contributed by atoms with E-state index in [0.717, 1.165) is 29.7 Å². The molecule has 2 rings (SSSR count). The second kappa shape index (κ2) is 5.47. The van der Waals surface area contributed by atoms with E-state index >= 15 is 0 Å². The van der Waals surface area contributed by atoms with E-state index in [4.69, 9.17) is 10.3 Å². The number of aromatic nitrogens is 1. The van der Waals surface area contributed by atoms with Crippen LogP contribution < -0.4 is 5.73 Å². The Morgan fingerprint density at radius 2 is 2.00 bits per heavy atom. The molecule has 0 saturated heterocycles. The van der Waals surface area contributed by atoms with Crippen molar-refractivity contribution in [2.75, 3.05) is 5.73 Å². The van der Waals surface area contributed by atoms with Crippen LogP contribution in [0.1, 0.15) is 37.2 Å². The first-order valence-electron chi connectivity index (χ1n) is 6.84. The quantitative estimate of drug-likeness (QED) is 0.897. The molecule has 102 valence electrons. The lowest BCUT2D eigenvalue weighted by Crippen LogP contribution is -1.99. The van der Waals surface area contributed by atoms with Crippen molar-refractivity contribution >= 4 is 5.82 Å². The maximum Gasteiger partial charge on any atom is 0.175 e. The van der Waals surface area contributed by atoms with E-state index in [1.54, 1.807) is 0 Å². The molecule has 0 aliphatic heterocycles. The van der Waals surface area contributed by atoms with Gasteiger partial charge in [-0.15, -0.1) is 0 Å². The molecule has 1 aromatic heterocycles. The monoisotopic (exact) mass is 258 g/mol. The van der Waals surface area contributed by atoms with Crippen LogP contribution in [0.3, 0.4) is 0 Å². The Bertz CT molecular complexity index is 572. The molecule has 1 aromatic carbocycles. The van der Waals surface area contributed by atoms with Crippen molar-refractivity contribution in [3.05, 3.63) is 35.1 Å². The van der Waals surface area contributed by atoms with Gasteiger partial charge in [-0.2, -0.15) is 0 Å². The van der Waals surface area contributed by atoms with Crippen LogP contribution in [0.4, 0.5) is 5.82 Å². The number of hydrogen-bond donors (Lipinski definition) is 1. The fourth-order valence-corrected chi connectivity index (χ4v) is 2.14. The number of benzene rings is 1. The number of rotatable bonds is 4. The highest BCUT2D eigenvalue weighted by Gasteiger charge is 2.17. The summed E-state index contributed by atoms with van der Waals surface area (Å²) in [6.45, 7) is 8.61. The second-order valence-corrected chi connectivity index (χ2v) is 5.38. The van der Waals surface area contributed by atoms with Gasteiger partial charge in [-0.3, -0.25) is 0 Å². The van der Waals surface area contributed by atoms with Gasteiger partial charge in [-0.05, 0) is 36.5 Å². The summed E-state index contributed by atoms with van der Waals surface area (Å²) in [5.41, 5.74) is 10.6. The van der Waals surface area contributed by atoms with E-state index < -0.39 is 0 Å². The summed E-state index contributed by atoms with van der Waals surface area (Å²) in [4.78, 5) is 0. The third-order valence-corrected chi connectivity index (χ3v) is 3.82. The molecule has 1 unspecified atom stereocenters. The van der Waals surface area contributed by atoms with Gasteiger partial charge in [-0.25, -0.2) is 0 Å². The van der Waals surface area contributed by atoms with Gasteiger partial charge in [0, 0.05) is 6.42 Å². The largest absolute Gasteiger partial charge is 0.380 e. The number of nitrogen functional groups attached to an aromatic ring is 1. The van der Waals surface area contributed by atoms with E-state index in [-0.39, 0.29) is 0 Å². The maximum atomic E-state index is 5.97. The van der Waals surface area contributed by atoms with Crippen molar-refractivity contribution < 1.29 is 4.52 Å². The summed E-state index contributed by atoms with van der Waals surface area (Å²) >= 11 is 0. The molecule has 3 nitrogen and oxygen atoms in total. The fraction of sp³-hybridized carbons (Fsp3) is 0.438. The first-order chi connectivity index (χ1) is 9.02. The molecule has 19 heavy (non-hydrogen) atoms. The number of anilines is 1. The minimum atomic E-state index is 0.488. The van der Waals surface area contributed by atoms with Crippen molar-refractivity contribution in [2.45, 2.75) is 40.5 Å². The highest BCUT2D eigenvalue weighted by atomic mass is 16.5. The third kappa shape index (κ3) is 2.80. The Labute approximate surface area is 114 Å². The average Bonchev–Trinajstić information content (AvgIpc) is 2.74. The van der Waals surface area contributed by atoms with Crippen LogP contribution in [0.5, 0.6) is 0 Å². The Morgan fingerprint density at radius 1 is 1.26 bits per heavy atom. The topological polar surface area (TPSA) is 52.0 Å². The molecule has 0 saturated carbocycles. The van der Waals surface area contributed by atoms with Gasteiger partial charge in [0.15, 0.2) is 5.82 Å². The molecule has 2 N–H and O–H groups in total. The highest BCUT2D eigenvalue weighted by molar-refractivity contribution is 5.76. The average molecular weight is 258 g/mol. The SMILES string of the molecule is CCC(C)Cc1onc(N)c1-c1ccc(C)c(C)c1. The van der Waals surface area contributed by atoms with Gasteiger partial charge in [0.05, 0.1) is 5.56 Å². The fourth-order valence-electron chi connectivity index (χ4n) is 2.14. The lowest BCUT2D eigenvalue weighted by atomic mass is 9.96. The minimum absolute atomic E-state index is 0.488. The van der Waals surface area contributed by atoms with E-state index in [0.29, 0.717) is 11.7 Å². The van der Waals surface area contributed by atoms with E-state index in [2.05, 4.69) is 51.1 Å². The molecule has 0 aliphatic rings. The summed E-state index contributed by atoms with van der Waals surface area (Å²) in [6.07, 6.45) is 2.00. The molecular weight excluding hydrogens is 236 g/mol. The Balaban J connectivity index is 2.43. The molecule has 3 heteroatoms. The highest BCUT2D eigenvalue weighted by Crippen LogP contribution is 2.32. The molecule has 2 aromatic rings. The normalized spacial score (nSPS) is 12.6. The summed E-state index contributed by atoms with van der Waals surface area (Å²) in [5, 5.41) is 3.94. The van der Waals surface area contributed by atoms with Gasteiger partial charge < -0.3 is 10.3 Å². The Kier molecular flexibility index (Phi) is 3.93. The zero-order valence-corrected chi connectivity index (χ0v) is 12.2. The summed E-state index contributed by atoms with van der Waals surface area (Å²) < 4.78 is 5.42. The van der Waals surface area contributed by atoms with Gasteiger partial charge in [0.2, 0.25) is 0 Å². The first-order valence-corrected chi connectivity index (χ1v) is 6.84. The minimum Gasteiger partial charge on any atom is -0.380 e. The van der Waals surface area contributed by atoms with Crippen molar-refractivity contribution in [3.8, 4) is 11.1 Å². The molecule has 0 bridgehead atoms. The van der Waals surface area contributed by atoms with Gasteiger partial charge in [-0.1, -0.05) is 43.6 Å². The van der Waals surface area contributed by atoms with Crippen LogP contribution in [0.2, 0.25) is 0 Å². The smallest absolute Gasteiger partial charge is 0.175 e. The van der Waals surface area contributed by atoms with Crippen LogP contribution >= 0.6 is 0 Å². The van der Waals surface area contributed by atoms with E-state index in [1.807, 2.05) is 0 Å². The Morgan fingerprint density at radius 3 is 2.63 bits per heavy atom. The van der Waals surface area contributed by atoms with E-state index in [9.17, 15) is 0 Å². The maximum absolute atomic E-state index is 5.97. The van der Waals surface area contributed by atoms with Gasteiger partial charge in [0.1, 0.15) is 5.76 Å². The van der Waals surface area contributed by atoms with Crippen LogP contribution in [-0.4, -0.2) is 5.16 Å². The van der Waals surface area contributed by atoms with Crippen molar-refractivity contribution in [1.29, 1.82) is 0 Å². The Hall–Kier alpha value is -1.77. The van der Waals surface area contributed by atoms with Crippen molar-refractivity contribution in [1.82, 2.24) is 5.16 Å². The second-order valence-electron chi connectivity index (χ2n) is 5.38. The van der Waals surface area contributed by atoms with Gasteiger partial charge >= 0.3 is 0 Å². The molecule has 0 amide bonds. The number of nitrogens with two attached hydrogens (primary N) is 1. The molecule has 0 spiro atoms. The number of hydrogen-bond acceptors (Lipinski definition) is 3. The first kappa shape index (κ1) is 13.7. The molecule has 0 aliphatic carbocycles. The molecule has 1 heterocycles. The standard InChI is InChI=1S/C16H22N2O/c1-5-10(2)8-14-15(16(17)18-19-14)13-7-6-11(3)12(4)9-13/h6-7,9-10H,5,8H2,1-4H3,(H2,17,18). The van der Waals surface area contributed by atoms with Crippen LogP contribution in [0.25, 0.3) is 11.1 Å². The van der Waals surface area contributed by atoms with Crippen LogP contribution in [0, 0.1) is 19.8 Å². The lowest BCUT2D eigenvalue weighted by molar-refractivity contribution is 0.364. The molecule has 0 radical (unpaired) electrons. The van der Waals surface area contributed by atoms with Crippen molar-refractivity contribution in [2.24, 2.45) is 5.92 Å². The van der Waals surface area contributed by atoms with Gasteiger partial charge in [0.25, 0.3) is 0 Å². The van der Waals surface area contributed by atoms with Crippen molar-refractivity contribution in [3.63, 3.8) is 0 Å². The zero-order valence-electron chi connectivity index (χ0n) is 12.2.